The molecule has 0 radical (unpaired) electrons. The molecule has 2 atom stereocenters. The van der Waals surface area contributed by atoms with Gasteiger partial charge in [-0.2, -0.15) is 0 Å². The maximum absolute atomic E-state index is 11.9. The number of anilines is 1. The molecule has 8 heteroatoms. The molecule has 0 saturated carbocycles. The van der Waals surface area contributed by atoms with Gasteiger partial charge in [-0.15, -0.1) is 16.6 Å². The molecule has 1 fully saturated rings. The van der Waals surface area contributed by atoms with Crippen LogP contribution in [0.1, 0.15) is 18.9 Å². The standard InChI is InChI=1S/C11H14N4O3S/c1-5-11(2,3)8-12-13-9(19-8)15-7(17)6(16)14(4)10(15)18/h1,6-7,16-17H,2-4H3. The fourth-order valence-electron chi connectivity index (χ4n) is 1.55. The molecule has 0 bridgehead atoms. The van der Waals surface area contributed by atoms with Crippen molar-refractivity contribution in [3.05, 3.63) is 5.01 Å². The molecule has 2 heterocycles. The first-order chi connectivity index (χ1) is 8.79. The van der Waals surface area contributed by atoms with E-state index in [-0.39, 0.29) is 5.13 Å². The summed E-state index contributed by atoms with van der Waals surface area (Å²) in [6.45, 7) is 3.61. The van der Waals surface area contributed by atoms with Crippen molar-refractivity contribution >= 4 is 22.5 Å². The van der Waals surface area contributed by atoms with Gasteiger partial charge in [0, 0.05) is 7.05 Å². The Balaban J connectivity index is 2.35. The van der Waals surface area contributed by atoms with E-state index in [9.17, 15) is 15.0 Å². The minimum Gasteiger partial charge on any atom is -0.369 e. The molecule has 2 unspecified atom stereocenters. The fourth-order valence-corrected chi connectivity index (χ4v) is 2.49. The monoisotopic (exact) mass is 282 g/mol. The van der Waals surface area contributed by atoms with Crippen molar-refractivity contribution in [2.75, 3.05) is 11.9 Å². The second kappa shape index (κ2) is 4.45. The second-order valence-corrected chi connectivity index (χ2v) is 5.71. The number of carbonyl (C=O) groups is 1. The van der Waals surface area contributed by atoms with Crippen LogP contribution in [0.4, 0.5) is 9.93 Å². The van der Waals surface area contributed by atoms with E-state index in [0.29, 0.717) is 5.01 Å². The van der Waals surface area contributed by atoms with Gasteiger partial charge in [-0.25, -0.2) is 9.69 Å². The fraction of sp³-hybridized carbons (Fsp3) is 0.545. The van der Waals surface area contributed by atoms with E-state index in [2.05, 4.69) is 16.1 Å². The van der Waals surface area contributed by atoms with Crippen LogP contribution in [-0.4, -0.2) is 50.8 Å². The molecule has 1 aliphatic heterocycles. The highest BCUT2D eigenvalue weighted by Gasteiger charge is 2.44. The first kappa shape index (κ1) is 13.7. The van der Waals surface area contributed by atoms with Crippen LogP contribution >= 0.6 is 11.3 Å². The van der Waals surface area contributed by atoms with Crippen molar-refractivity contribution in [2.24, 2.45) is 0 Å². The van der Waals surface area contributed by atoms with Crippen LogP contribution in [0, 0.1) is 12.3 Å². The lowest BCUT2D eigenvalue weighted by molar-refractivity contribution is -0.0182. The largest absolute Gasteiger partial charge is 0.369 e. The van der Waals surface area contributed by atoms with Crippen molar-refractivity contribution in [1.29, 1.82) is 0 Å². The first-order valence-corrected chi connectivity index (χ1v) is 6.35. The van der Waals surface area contributed by atoms with Gasteiger partial charge in [-0.1, -0.05) is 17.3 Å². The number of terminal acetylenes is 1. The van der Waals surface area contributed by atoms with E-state index in [4.69, 9.17) is 6.42 Å². The number of rotatable bonds is 2. The molecule has 2 rings (SSSR count). The predicted molar refractivity (Wildman–Crippen MR) is 69.4 cm³/mol. The Bertz CT molecular complexity index is 550. The number of carbonyl (C=O) groups excluding carboxylic acids is 1. The van der Waals surface area contributed by atoms with Crippen LogP contribution < -0.4 is 4.90 Å². The van der Waals surface area contributed by atoms with Crippen molar-refractivity contribution in [3.63, 3.8) is 0 Å². The Kier molecular flexibility index (Phi) is 3.22. The maximum atomic E-state index is 11.9. The van der Waals surface area contributed by atoms with Gasteiger partial charge in [0.15, 0.2) is 12.5 Å². The van der Waals surface area contributed by atoms with Crippen molar-refractivity contribution in [1.82, 2.24) is 15.1 Å². The number of urea groups is 1. The summed E-state index contributed by atoms with van der Waals surface area (Å²) in [6, 6.07) is -0.541. The summed E-state index contributed by atoms with van der Waals surface area (Å²) >= 11 is 1.12. The molecular formula is C11H14N4O3S. The predicted octanol–water partition coefficient (Wildman–Crippen LogP) is -0.0425. The molecule has 0 aromatic carbocycles. The Morgan fingerprint density at radius 3 is 2.47 bits per heavy atom. The number of nitrogens with zero attached hydrogens (tertiary/aromatic N) is 4. The minimum atomic E-state index is -1.37. The molecule has 2 N–H and O–H groups in total. The molecule has 2 amide bonds. The van der Waals surface area contributed by atoms with Crippen LogP contribution in [0.5, 0.6) is 0 Å². The van der Waals surface area contributed by atoms with Crippen molar-refractivity contribution in [2.45, 2.75) is 31.7 Å². The molecule has 1 aromatic rings. The van der Waals surface area contributed by atoms with Gasteiger partial charge in [0.25, 0.3) is 0 Å². The Hall–Kier alpha value is -1.69. The molecule has 1 aromatic heterocycles. The van der Waals surface area contributed by atoms with Crippen LogP contribution in [0.25, 0.3) is 0 Å². The average Bonchev–Trinajstić information content (AvgIpc) is 2.92. The number of hydrogen-bond donors (Lipinski definition) is 2. The minimum absolute atomic E-state index is 0.208. The SMILES string of the molecule is C#CC(C)(C)c1nnc(N2C(=O)N(C)C(O)C2O)s1. The zero-order valence-electron chi connectivity index (χ0n) is 10.7. The Morgan fingerprint density at radius 1 is 1.37 bits per heavy atom. The quantitative estimate of drug-likeness (QED) is 0.743. The van der Waals surface area contributed by atoms with E-state index >= 15 is 0 Å². The third-order valence-corrected chi connectivity index (χ3v) is 4.20. The highest BCUT2D eigenvalue weighted by Crippen LogP contribution is 2.33. The smallest absolute Gasteiger partial charge is 0.330 e. The Labute approximate surface area is 114 Å². The molecule has 1 saturated heterocycles. The van der Waals surface area contributed by atoms with Gasteiger partial charge in [0.1, 0.15) is 5.01 Å². The highest BCUT2D eigenvalue weighted by molar-refractivity contribution is 7.15. The van der Waals surface area contributed by atoms with E-state index in [0.717, 1.165) is 21.1 Å². The lowest BCUT2D eigenvalue weighted by atomic mass is 9.96. The summed E-state index contributed by atoms with van der Waals surface area (Å²) in [5.74, 6) is 2.58. The average molecular weight is 282 g/mol. The third kappa shape index (κ3) is 2.06. The van der Waals surface area contributed by atoms with Gasteiger partial charge < -0.3 is 10.2 Å². The third-order valence-electron chi connectivity index (χ3n) is 2.95. The number of hydrogen-bond acceptors (Lipinski definition) is 6. The summed E-state index contributed by atoms with van der Waals surface area (Å²) < 4.78 is 0. The number of aliphatic hydroxyl groups is 2. The van der Waals surface area contributed by atoms with Gasteiger partial charge in [-0.3, -0.25) is 4.90 Å². The van der Waals surface area contributed by atoms with Gasteiger partial charge in [0.2, 0.25) is 5.13 Å². The van der Waals surface area contributed by atoms with E-state index in [1.807, 2.05) is 0 Å². The molecule has 7 nitrogen and oxygen atoms in total. The molecule has 0 aliphatic carbocycles. The Morgan fingerprint density at radius 2 is 2.00 bits per heavy atom. The molecule has 1 aliphatic rings. The van der Waals surface area contributed by atoms with Gasteiger partial charge in [0.05, 0.1) is 5.41 Å². The molecule has 19 heavy (non-hydrogen) atoms. The van der Waals surface area contributed by atoms with Crippen LogP contribution in [0.15, 0.2) is 0 Å². The first-order valence-electron chi connectivity index (χ1n) is 5.53. The summed E-state index contributed by atoms with van der Waals surface area (Å²) in [5, 5.41) is 28.0. The molecule has 0 spiro atoms. The topological polar surface area (TPSA) is 89.8 Å². The zero-order chi connectivity index (χ0) is 14.4. The van der Waals surface area contributed by atoms with Crippen LogP contribution in [0.3, 0.4) is 0 Å². The van der Waals surface area contributed by atoms with Gasteiger partial charge >= 0.3 is 6.03 Å². The zero-order valence-corrected chi connectivity index (χ0v) is 11.5. The van der Waals surface area contributed by atoms with E-state index in [1.165, 1.54) is 7.05 Å². The normalized spacial score (nSPS) is 23.9. The molecule has 102 valence electrons. The van der Waals surface area contributed by atoms with E-state index < -0.39 is 23.9 Å². The van der Waals surface area contributed by atoms with Crippen LogP contribution in [0.2, 0.25) is 0 Å². The number of aliphatic hydroxyl groups excluding tert-OH is 2. The summed E-state index contributed by atoms with van der Waals surface area (Å²) in [5.41, 5.74) is -0.603. The lowest BCUT2D eigenvalue weighted by Gasteiger charge is -2.15. The maximum Gasteiger partial charge on any atom is 0.330 e. The number of amides is 2. The summed E-state index contributed by atoms with van der Waals surface area (Å²) in [6.07, 6.45) is 2.75. The highest BCUT2D eigenvalue weighted by atomic mass is 32.1. The van der Waals surface area contributed by atoms with Gasteiger partial charge in [-0.05, 0) is 13.8 Å². The number of aromatic nitrogens is 2. The lowest BCUT2D eigenvalue weighted by Crippen LogP contribution is -2.36. The van der Waals surface area contributed by atoms with Crippen LogP contribution in [-0.2, 0) is 5.41 Å². The summed E-state index contributed by atoms with van der Waals surface area (Å²) in [7, 11) is 1.39. The van der Waals surface area contributed by atoms with Crippen molar-refractivity contribution in [3.8, 4) is 12.3 Å². The van der Waals surface area contributed by atoms with Crippen molar-refractivity contribution < 1.29 is 15.0 Å². The molecular weight excluding hydrogens is 268 g/mol. The van der Waals surface area contributed by atoms with E-state index in [1.54, 1.807) is 13.8 Å². The number of likely N-dealkylation sites (N-methyl/N-ethyl adjacent to an activating group) is 1. The summed E-state index contributed by atoms with van der Waals surface area (Å²) in [4.78, 5) is 13.9. The second-order valence-electron chi connectivity index (χ2n) is 4.75.